The maximum Gasteiger partial charge on any atom is 0.305 e. The Balaban J connectivity index is 1.62. The Bertz CT molecular complexity index is 852. The van der Waals surface area contributed by atoms with Gasteiger partial charge in [-0.3, -0.25) is 4.79 Å². The largest absolute Gasteiger partial charge is 0.481 e. The highest BCUT2D eigenvalue weighted by molar-refractivity contribution is 6.02. The molecule has 1 fully saturated rings. The van der Waals surface area contributed by atoms with Gasteiger partial charge in [-0.05, 0) is 43.5 Å². The van der Waals surface area contributed by atoms with Crippen LogP contribution in [0.25, 0.3) is 10.9 Å². The number of ether oxygens (including phenoxy) is 2. The molecule has 0 saturated carbocycles. The van der Waals surface area contributed by atoms with Crippen molar-refractivity contribution >= 4 is 28.5 Å². The van der Waals surface area contributed by atoms with Crippen molar-refractivity contribution in [1.29, 1.82) is 0 Å². The summed E-state index contributed by atoms with van der Waals surface area (Å²) in [5, 5.41) is 13.6. The van der Waals surface area contributed by atoms with E-state index in [1.165, 1.54) is 5.56 Å². The van der Waals surface area contributed by atoms with E-state index in [1.54, 1.807) is 0 Å². The lowest BCUT2D eigenvalue weighted by Gasteiger charge is -2.24. The number of rotatable bonds is 5. The number of carboxylic acids is 1. The van der Waals surface area contributed by atoms with Crippen LogP contribution >= 0.6 is 0 Å². The van der Waals surface area contributed by atoms with Crippen LogP contribution in [0.15, 0.2) is 23.2 Å². The SMILES string of the molecule is Cc1cc(NC2CCOCC2)c2[nH]c(C3=N[C@@H](CC(=O)O)CO3)cc2c1. The second-order valence-electron chi connectivity index (χ2n) is 6.99. The van der Waals surface area contributed by atoms with E-state index in [9.17, 15) is 4.79 Å². The molecule has 7 heteroatoms. The summed E-state index contributed by atoms with van der Waals surface area (Å²) in [7, 11) is 0. The number of aromatic nitrogens is 1. The Kier molecular flexibility index (Phi) is 4.55. The summed E-state index contributed by atoms with van der Waals surface area (Å²) in [6, 6.07) is 6.35. The molecule has 0 aliphatic carbocycles. The highest BCUT2D eigenvalue weighted by Crippen LogP contribution is 2.29. The number of benzene rings is 1. The first-order valence-electron chi connectivity index (χ1n) is 8.99. The van der Waals surface area contributed by atoms with Crippen LogP contribution < -0.4 is 5.32 Å². The van der Waals surface area contributed by atoms with E-state index in [2.05, 4.69) is 34.3 Å². The molecule has 3 heterocycles. The van der Waals surface area contributed by atoms with Crippen LogP contribution in [0.3, 0.4) is 0 Å². The number of nitrogens with zero attached hydrogens (tertiary/aromatic N) is 1. The first kappa shape index (κ1) is 16.9. The number of aromatic amines is 1. The van der Waals surface area contributed by atoms with E-state index in [0.29, 0.717) is 18.5 Å². The number of anilines is 1. The summed E-state index contributed by atoms with van der Waals surface area (Å²) < 4.78 is 11.1. The lowest BCUT2D eigenvalue weighted by Crippen LogP contribution is -2.27. The minimum absolute atomic E-state index is 0.0145. The molecule has 0 radical (unpaired) electrons. The summed E-state index contributed by atoms with van der Waals surface area (Å²) >= 11 is 0. The van der Waals surface area contributed by atoms with Crippen molar-refractivity contribution in [3.8, 4) is 0 Å². The van der Waals surface area contributed by atoms with E-state index >= 15 is 0 Å². The number of aryl methyl sites for hydroxylation is 1. The summed E-state index contributed by atoms with van der Waals surface area (Å²) in [6.07, 6.45) is 1.98. The Morgan fingerprint density at radius 3 is 2.92 bits per heavy atom. The molecule has 138 valence electrons. The van der Waals surface area contributed by atoms with Gasteiger partial charge in [0, 0.05) is 24.6 Å². The molecule has 1 aromatic heterocycles. The second-order valence-corrected chi connectivity index (χ2v) is 6.99. The Labute approximate surface area is 151 Å². The van der Waals surface area contributed by atoms with Crippen LogP contribution in [0.1, 0.15) is 30.5 Å². The number of hydrogen-bond donors (Lipinski definition) is 3. The quantitative estimate of drug-likeness (QED) is 0.765. The lowest BCUT2D eigenvalue weighted by atomic mass is 10.1. The fourth-order valence-corrected chi connectivity index (χ4v) is 3.55. The van der Waals surface area contributed by atoms with Crippen LogP contribution in [-0.2, 0) is 14.3 Å². The van der Waals surface area contributed by atoms with Crippen LogP contribution in [0.4, 0.5) is 5.69 Å². The highest BCUT2D eigenvalue weighted by atomic mass is 16.5. The third-order valence-electron chi connectivity index (χ3n) is 4.81. The number of aliphatic imine (C=N–C) groups is 1. The van der Waals surface area contributed by atoms with Gasteiger partial charge < -0.3 is 24.9 Å². The first-order valence-corrected chi connectivity index (χ1v) is 8.99. The average Bonchev–Trinajstić information content (AvgIpc) is 3.22. The lowest BCUT2D eigenvalue weighted by molar-refractivity contribution is -0.137. The van der Waals surface area contributed by atoms with Crippen LogP contribution in [0.2, 0.25) is 0 Å². The van der Waals surface area contributed by atoms with E-state index < -0.39 is 5.97 Å². The van der Waals surface area contributed by atoms with Crippen molar-refractivity contribution in [2.75, 3.05) is 25.1 Å². The van der Waals surface area contributed by atoms with Crippen molar-refractivity contribution in [3.63, 3.8) is 0 Å². The summed E-state index contributed by atoms with van der Waals surface area (Å²) in [6.45, 7) is 3.97. The minimum atomic E-state index is -0.862. The summed E-state index contributed by atoms with van der Waals surface area (Å²) in [4.78, 5) is 18.7. The standard InChI is InChI=1S/C19H23N3O4/c1-11-6-12-8-16(19-21-14(10-26-19)9-17(23)24)22-18(12)15(7-11)20-13-2-4-25-5-3-13/h6-8,13-14,20,22H,2-5,9-10H2,1H3,(H,23,24)/t14-/m0/s1. The molecule has 26 heavy (non-hydrogen) atoms. The van der Waals surface area contributed by atoms with E-state index in [-0.39, 0.29) is 12.5 Å². The molecule has 2 aliphatic heterocycles. The summed E-state index contributed by atoms with van der Waals surface area (Å²) in [5.41, 5.74) is 4.05. The number of H-pyrrole nitrogens is 1. The zero-order valence-corrected chi connectivity index (χ0v) is 14.7. The first-order chi connectivity index (χ1) is 12.6. The topological polar surface area (TPSA) is 95.9 Å². The predicted octanol–water partition coefficient (Wildman–Crippen LogP) is 2.69. The molecule has 3 N–H and O–H groups in total. The molecule has 2 aliphatic rings. The van der Waals surface area contributed by atoms with Crippen molar-refractivity contribution in [1.82, 2.24) is 4.98 Å². The van der Waals surface area contributed by atoms with Gasteiger partial charge in [-0.25, -0.2) is 4.99 Å². The van der Waals surface area contributed by atoms with E-state index in [0.717, 1.165) is 48.3 Å². The smallest absolute Gasteiger partial charge is 0.305 e. The van der Waals surface area contributed by atoms with Gasteiger partial charge >= 0.3 is 5.97 Å². The van der Waals surface area contributed by atoms with Crippen LogP contribution in [0, 0.1) is 6.92 Å². The van der Waals surface area contributed by atoms with Crippen LogP contribution in [0.5, 0.6) is 0 Å². The predicted molar refractivity (Wildman–Crippen MR) is 99.0 cm³/mol. The average molecular weight is 357 g/mol. The van der Waals surface area contributed by atoms with Crippen molar-refractivity contribution in [3.05, 3.63) is 29.5 Å². The molecule has 0 spiro atoms. The molecule has 0 unspecified atom stereocenters. The normalized spacial score (nSPS) is 20.8. The Morgan fingerprint density at radius 2 is 2.15 bits per heavy atom. The van der Waals surface area contributed by atoms with Crippen LogP contribution in [-0.4, -0.2) is 53.9 Å². The molecular formula is C19H23N3O4. The molecule has 1 aromatic carbocycles. The second kappa shape index (κ2) is 6.99. The molecule has 7 nitrogen and oxygen atoms in total. The third kappa shape index (κ3) is 3.53. The number of hydrogen-bond acceptors (Lipinski definition) is 5. The number of carboxylic acid groups (broad SMARTS) is 1. The Hall–Kier alpha value is -2.54. The van der Waals surface area contributed by atoms with Crippen molar-refractivity contribution in [2.45, 2.75) is 38.3 Å². The zero-order valence-electron chi connectivity index (χ0n) is 14.7. The molecule has 1 atom stereocenters. The van der Waals surface area contributed by atoms with E-state index in [1.807, 2.05) is 6.07 Å². The molecule has 0 amide bonds. The van der Waals surface area contributed by atoms with Gasteiger partial charge in [-0.1, -0.05) is 0 Å². The monoisotopic (exact) mass is 357 g/mol. The van der Waals surface area contributed by atoms with Gasteiger partial charge in [-0.2, -0.15) is 0 Å². The van der Waals surface area contributed by atoms with E-state index in [4.69, 9.17) is 14.6 Å². The van der Waals surface area contributed by atoms with Gasteiger partial charge in [0.25, 0.3) is 0 Å². The van der Waals surface area contributed by atoms with Crippen molar-refractivity contribution < 1.29 is 19.4 Å². The molecular weight excluding hydrogens is 334 g/mol. The fourth-order valence-electron chi connectivity index (χ4n) is 3.55. The summed E-state index contributed by atoms with van der Waals surface area (Å²) in [5.74, 6) is -0.374. The van der Waals surface area contributed by atoms with Gasteiger partial charge in [0.15, 0.2) is 0 Å². The third-order valence-corrected chi connectivity index (χ3v) is 4.81. The Morgan fingerprint density at radius 1 is 1.35 bits per heavy atom. The number of aliphatic carboxylic acids is 1. The highest BCUT2D eigenvalue weighted by Gasteiger charge is 2.24. The number of nitrogens with one attached hydrogen (secondary N) is 2. The van der Waals surface area contributed by atoms with Gasteiger partial charge in [-0.15, -0.1) is 0 Å². The molecule has 0 bridgehead atoms. The fraction of sp³-hybridized carbons (Fsp3) is 0.474. The molecule has 2 aromatic rings. The zero-order chi connectivity index (χ0) is 18.1. The molecule has 4 rings (SSSR count). The number of carbonyl (C=O) groups is 1. The maximum absolute atomic E-state index is 10.9. The maximum atomic E-state index is 10.9. The minimum Gasteiger partial charge on any atom is -0.481 e. The molecule has 1 saturated heterocycles. The van der Waals surface area contributed by atoms with Crippen molar-refractivity contribution in [2.24, 2.45) is 4.99 Å². The number of fused-ring (bicyclic) bond motifs is 1. The van der Waals surface area contributed by atoms with Gasteiger partial charge in [0.1, 0.15) is 12.3 Å². The van der Waals surface area contributed by atoms with Gasteiger partial charge in [0.05, 0.1) is 23.7 Å². The van der Waals surface area contributed by atoms with Gasteiger partial charge in [0.2, 0.25) is 5.90 Å².